The van der Waals surface area contributed by atoms with E-state index >= 15 is 0 Å². The van der Waals surface area contributed by atoms with Crippen molar-refractivity contribution in [2.75, 3.05) is 5.32 Å². The molecule has 5 heteroatoms. The number of nitro groups is 1. The van der Waals surface area contributed by atoms with Crippen molar-refractivity contribution in [3.63, 3.8) is 0 Å². The molecule has 0 saturated heterocycles. The van der Waals surface area contributed by atoms with Crippen LogP contribution in [0.5, 0.6) is 0 Å². The van der Waals surface area contributed by atoms with Crippen LogP contribution in [0.1, 0.15) is 31.2 Å². The number of non-ortho nitro benzene ring substituents is 1. The monoisotopic (exact) mass is 310 g/mol. The van der Waals surface area contributed by atoms with Gasteiger partial charge in [-0.05, 0) is 30.5 Å². The fourth-order valence-corrected chi connectivity index (χ4v) is 3.30. The number of benzene rings is 2. The van der Waals surface area contributed by atoms with Crippen LogP contribution in [0.3, 0.4) is 0 Å². The van der Waals surface area contributed by atoms with Gasteiger partial charge in [0.05, 0.1) is 10.3 Å². The van der Waals surface area contributed by atoms with Crippen LogP contribution in [0, 0.1) is 10.1 Å². The largest absolute Gasteiger partial charge is 0.325 e. The van der Waals surface area contributed by atoms with Crippen LogP contribution in [0.15, 0.2) is 54.6 Å². The summed E-state index contributed by atoms with van der Waals surface area (Å²) in [4.78, 5) is 23.2. The van der Waals surface area contributed by atoms with Gasteiger partial charge in [0, 0.05) is 17.8 Å². The van der Waals surface area contributed by atoms with Crippen molar-refractivity contribution >= 4 is 17.3 Å². The molecule has 1 amide bonds. The summed E-state index contributed by atoms with van der Waals surface area (Å²) in [6.07, 6.45) is 3.72. The summed E-state index contributed by atoms with van der Waals surface area (Å²) >= 11 is 0. The molecule has 0 atom stereocenters. The van der Waals surface area contributed by atoms with E-state index in [9.17, 15) is 14.9 Å². The molecular formula is C18H18N2O3. The van der Waals surface area contributed by atoms with Gasteiger partial charge in [0.2, 0.25) is 5.91 Å². The second-order valence-electron chi connectivity index (χ2n) is 5.91. The van der Waals surface area contributed by atoms with Gasteiger partial charge in [0.1, 0.15) is 0 Å². The lowest BCUT2D eigenvalue weighted by Gasteiger charge is -2.28. The Kier molecular flexibility index (Phi) is 4.10. The molecule has 0 spiro atoms. The molecule has 1 saturated carbocycles. The predicted octanol–water partition coefficient (Wildman–Crippen LogP) is 4.05. The Labute approximate surface area is 134 Å². The van der Waals surface area contributed by atoms with Crippen LogP contribution in [-0.4, -0.2) is 10.8 Å². The van der Waals surface area contributed by atoms with Crippen molar-refractivity contribution in [1.29, 1.82) is 0 Å². The number of carbonyl (C=O) groups excluding carboxylic acids is 1. The number of hydrogen-bond donors (Lipinski definition) is 1. The molecule has 0 heterocycles. The molecular weight excluding hydrogens is 292 g/mol. The third-order valence-corrected chi connectivity index (χ3v) is 4.55. The molecule has 0 unspecified atom stereocenters. The number of carbonyl (C=O) groups is 1. The molecule has 1 aliphatic rings. The van der Waals surface area contributed by atoms with Crippen molar-refractivity contribution < 1.29 is 9.72 Å². The Hall–Kier alpha value is -2.69. The minimum atomic E-state index is -0.497. The molecule has 5 nitrogen and oxygen atoms in total. The van der Waals surface area contributed by atoms with Gasteiger partial charge in [-0.15, -0.1) is 0 Å². The lowest BCUT2D eigenvalue weighted by atomic mass is 9.78. The maximum atomic E-state index is 12.9. The van der Waals surface area contributed by atoms with Crippen LogP contribution < -0.4 is 5.32 Å². The number of hydrogen-bond acceptors (Lipinski definition) is 3. The van der Waals surface area contributed by atoms with Gasteiger partial charge >= 0.3 is 0 Å². The Morgan fingerprint density at radius 2 is 1.61 bits per heavy atom. The summed E-state index contributed by atoms with van der Waals surface area (Å²) in [5, 5.41) is 13.6. The van der Waals surface area contributed by atoms with E-state index in [1.807, 2.05) is 30.3 Å². The highest BCUT2D eigenvalue weighted by Gasteiger charge is 2.42. The first kappa shape index (κ1) is 15.2. The van der Waals surface area contributed by atoms with Crippen molar-refractivity contribution in [3.05, 3.63) is 70.3 Å². The SMILES string of the molecule is O=C(Nc1ccc([N+](=O)[O-])cc1)C1(c2ccccc2)CCCC1. The predicted molar refractivity (Wildman–Crippen MR) is 88.3 cm³/mol. The van der Waals surface area contributed by atoms with E-state index in [0.717, 1.165) is 31.2 Å². The minimum absolute atomic E-state index is 0.0154. The molecule has 1 fully saturated rings. The van der Waals surface area contributed by atoms with Gasteiger partial charge in [-0.25, -0.2) is 0 Å². The van der Waals surface area contributed by atoms with Gasteiger partial charge in [0.25, 0.3) is 5.69 Å². The van der Waals surface area contributed by atoms with Gasteiger partial charge < -0.3 is 5.32 Å². The fourth-order valence-electron chi connectivity index (χ4n) is 3.30. The van der Waals surface area contributed by atoms with E-state index in [4.69, 9.17) is 0 Å². The van der Waals surface area contributed by atoms with Crippen LogP contribution in [-0.2, 0) is 10.2 Å². The lowest BCUT2D eigenvalue weighted by molar-refractivity contribution is -0.384. The van der Waals surface area contributed by atoms with Crippen molar-refractivity contribution in [2.24, 2.45) is 0 Å². The third-order valence-electron chi connectivity index (χ3n) is 4.55. The maximum Gasteiger partial charge on any atom is 0.269 e. The van der Waals surface area contributed by atoms with Gasteiger partial charge in [-0.1, -0.05) is 43.2 Å². The minimum Gasteiger partial charge on any atom is -0.325 e. The molecule has 0 radical (unpaired) electrons. The Morgan fingerprint density at radius 3 is 2.17 bits per heavy atom. The normalized spacial score (nSPS) is 16.0. The smallest absolute Gasteiger partial charge is 0.269 e. The average molecular weight is 310 g/mol. The molecule has 23 heavy (non-hydrogen) atoms. The van der Waals surface area contributed by atoms with E-state index < -0.39 is 10.3 Å². The first-order valence-electron chi connectivity index (χ1n) is 7.73. The molecule has 0 aromatic heterocycles. The van der Waals surface area contributed by atoms with E-state index in [-0.39, 0.29) is 11.6 Å². The molecule has 2 aromatic carbocycles. The fraction of sp³-hybridized carbons (Fsp3) is 0.278. The van der Waals surface area contributed by atoms with E-state index in [1.165, 1.54) is 12.1 Å². The topological polar surface area (TPSA) is 72.2 Å². The Balaban J connectivity index is 1.84. The number of amides is 1. The molecule has 1 N–H and O–H groups in total. The first-order valence-corrected chi connectivity index (χ1v) is 7.73. The van der Waals surface area contributed by atoms with Gasteiger partial charge in [-0.2, -0.15) is 0 Å². The van der Waals surface area contributed by atoms with Gasteiger partial charge in [0.15, 0.2) is 0 Å². The van der Waals surface area contributed by atoms with Crippen LogP contribution in [0.4, 0.5) is 11.4 Å². The van der Waals surface area contributed by atoms with E-state index in [1.54, 1.807) is 12.1 Å². The Morgan fingerprint density at radius 1 is 1.00 bits per heavy atom. The number of anilines is 1. The highest BCUT2D eigenvalue weighted by molar-refractivity contribution is 5.99. The highest BCUT2D eigenvalue weighted by atomic mass is 16.6. The molecule has 2 aromatic rings. The molecule has 118 valence electrons. The highest BCUT2D eigenvalue weighted by Crippen LogP contribution is 2.42. The molecule has 1 aliphatic carbocycles. The van der Waals surface area contributed by atoms with Crippen LogP contribution in [0.25, 0.3) is 0 Å². The zero-order valence-electron chi connectivity index (χ0n) is 12.7. The van der Waals surface area contributed by atoms with E-state index in [0.29, 0.717) is 5.69 Å². The third kappa shape index (κ3) is 2.95. The second kappa shape index (κ2) is 6.20. The first-order chi connectivity index (χ1) is 11.1. The average Bonchev–Trinajstić information content (AvgIpc) is 3.07. The molecule has 0 aliphatic heterocycles. The van der Waals surface area contributed by atoms with E-state index in [2.05, 4.69) is 5.32 Å². The standard InChI is InChI=1S/C18H18N2O3/c21-17(19-15-8-10-16(11-9-15)20(22)23)18(12-4-5-13-18)14-6-2-1-3-7-14/h1-3,6-11H,4-5,12-13H2,(H,19,21). The number of nitrogens with one attached hydrogen (secondary N) is 1. The summed E-state index contributed by atoms with van der Waals surface area (Å²) in [7, 11) is 0. The summed E-state index contributed by atoms with van der Waals surface area (Å²) in [6, 6.07) is 15.8. The number of nitrogens with zero attached hydrogens (tertiary/aromatic N) is 1. The molecule has 3 rings (SSSR count). The van der Waals surface area contributed by atoms with Crippen molar-refractivity contribution in [2.45, 2.75) is 31.1 Å². The zero-order chi connectivity index (χ0) is 16.3. The summed E-state index contributed by atoms with van der Waals surface area (Å²) in [5.74, 6) is -0.0324. The Bertz CT molecular complexity index is 705. The number of nitro benzene ring substituents is 1. The van der Waals surface area contributed by atoms with Crippen LogP contribution >= 0.6 is 0 Å². The second-order valence-corrected chi connectivity index (χ2v) is 5.91. The van der Waals surface area contributed by atoms with Crippen molar-refractivity contribution in [3.8, 4) is 0 Å². The lowest BCUT2D eigenvalue weighted by Crippen LogP contribution is -2.37. The zero-order valence-corrected chi connectivity index (χ0v) is 12.7. The quantitative estimate of drug-likeness (QED) is 0.684. The summed E-state index contributed by atoms with van der Waals surface area (Å²) in [6.45, 7) is 0. The molecule has 0 bridgehead atoms. The van der Waals surface area contributed by atoms with Gasteiger partial charge in [-0.3, -0.25) is 14.9 Å². The van der Waals surface area contributed by atoms with Crippen molar-refractivity contribution in [1.82, 2.24) is 0 Å². The van der Waals surface area contributed by atoms with Crippen LogP contribution in [0.2, 0.25) is 0 Å². The summed E-state index contributed by atoms with van der Waals surface area (Å²) in [5.41, 5.74) is 1.14. The number of rotatable bonds is 4. The maximum absolute atomic E-state index is 12.9. The summed E-state index contributed by atoms with van der Waals surface area (Å²) < 4.78 is 0.